The Bertz CT molecular complexity index is 1450. The molecule has 0 spiro atoms. The van der Waals surface area contributed by atoms with Crippen LogP contribution >= 0.6 is 23.4 Å². The van der Waals surface area contributed by atoms with Crippen LogP contribution in [0.15, 0.2) is 82.6 Å². The van der Waals surface area contributed by atoms with Gasteiger partial charge in [0.25, 0.3) is 16.8 Å². The van der Waals surface area contributed by atoms with Crippen molar-refractivity contribution in [2.24, 2.45) is 0 Å². The van der Waals surface area contributed by atoms with Crippen LogP contribution in [0.2, 0.25) is 5.02 Å². The number of nitro groups is 1. The Morgan fingerprint density at radius 2 is 1.71 bits per heavy atom. The third-order valence-electron chi connectivity index (χ3n) is 4.83. The van der Waals surface area contributed by atoms with Crippen LogP contribution < -0.4 is 4.18 Å². The van der Waals surface area contributed by atoms with Crippen molar-refractivity contribution in [3.63, 3.8) is 0 Å². The minimum absolute atomic E-state index is 0.0236. The Morgan fingerprint density at radius 3 is 2.37 bits per heavy atom. The number of amides is 2. The van der Waals surface area contributed by atoms with E-state index in [-0.39, 0.29) is 27.8 Å². The number of hydrogen-bond donors (Lipinski definition) is 0. The first-order valence-corrected chi connectivity index (χ1v) is 12.5. The highest BCUT2D eigenvalue weighted by Gasteiger charge is 2.35. The van der Waals surface area contributed by atoms with Gasteiger partial charge in [-0.1, -0.05) is 41.9 Å². The van der Waals surface area contributed by atoms with E-state index < -0.39 is 26.2 Å². The first-order valence-electron chi connectivity index (χ1n) is 9.91. The van der Waals surface area contributed by atoms with Crippen molar-refractivity contribution in [2.45, 2.75) is 11.4 Å². The molecule has 0 atom stereocenters. The number of carbonyl (C=O) groups excluding carboxylic acids is 2. The summed E-state index contributed by atoms with van der Waals surface area (Å²) < 4.78 is 30.0. The molecule has 35 heavy (non-hydrogen) atoms. The second-order valence-electron chi connectivity index (χ2n) is 7.26. The molecule has 0 radical (unpaired) electrons. The predicted octanol–water partition coefficient (Wildman–Crippen LogP) is 5.25. The van der Waals surface area contributed by atoms with Crippen molar-refractivity contribution in [1.29, 1.82) is 0 Å². The van der Waals surface area contributed by atoms with E-state index in [0.29, 0.717) is 10.6 Å². The van der Waals surface area contributed by atoms with E-state index in [2.05, 4.69) is 0 Å². The highest BCUT2D eigenvalue weighted by atomic mass is 35.5. The van der Waals surface area contributed by atoms with Crippen molar-refractivity contribution in [1.82, 2.24) is 4.90 Å². The average molecular weight is 531 g/mol. The smallest absolute Gasteiger partial charge is 0.339 e. The average Bonchev–Trinajstić information content (AvgIpc) is 3.09. The van der Waals surface area contributed by atoms with Crippen LogP contribution in [0.3, 0.4) is 0 Å². The Balaban J connectivity index is 1.47. The quantitative estimate of drug-likeness (QED) is 0.175. The first kappa shape index (κ1) is 24.5. The van der Waals surface area contributed by atoms with Crippen LogP contribution in [0, 0.1) is 10.1 Å². The van der Waals surface area contributed by atoms with Gasteiger partial charge in [0.15, 0.2) is 0 Å². The zero-order chi connectivity index (χ0) is 25.2. The number of non-ortho nitro benzene ring substituents is 1. The Hall–Kier alpha value is -3.67. The molecule has 0 bridgehead atoms. The van der Waals surface area contributed by atoms with Crippen molar-refractivity contribution in [3.05, 3.63) is 104 Å². The fourth-order valence-electron chi connectivity index (χ4n) is 3.11. The number of nitrogens with zero attached hydrogens (tertiary/aromatic N) is 2. The summed E-state index contributed by atoms with van der Waals surface area (Å²) in [5.74, 6) is -0.465. The van der Waals surface area contributed by atoms with Crippen LogP contribution in [-0.4, -0.2) is 29.4 Å². The fraction of sp³-hybridized carbons (Fsp3) is 0.0435. The fourth-order valence-corrected chi connectivity index (χ4v) is 5.04. The van der Waals surface area contributed by atoms with Gasteiger partial charge in [0.2, 0.25) is 0 Å². The summed E-state index contributed by atoms with van der Waals surface area (Å²) in [6, 6.07) is 17.1. The maximum absolute atomic E-state index is 12.7. The third-order valence-corrected chi connectivity index (χ3v) is 7.23. The molecule has 0 saturated carbocycles. The first-order chi connectivity index (χ1) is 16.6. The van der Waals surface area contributed by atoms with E-state index in [0.717, 1.165) is 28.3 Å². The van der Waals surface area contributed by atoms with Crippen LogP contribution in [0.1, 0.15) is 11.1 Å². The Morgan fingerprint density at radius 1 is 1.03 bits per heavy atom. The summed E-state index contributed by atoms with van der Waals surface area (Å²) in [4.78, 5) is 36.2. The van der Waals surface area contributed by atoms with Crippen LogP contribution in [0.4, 0.5) is 10.5 Å². The lowest BCUT2D eigenvalue weighted by molar-refractivity contribution is -0.385. The normalized spacial score (nSPS) is 15.0. The number of hydrogen-bond acceptors (Lipinski definition) is 8. The summed E-state index contributed by atoms with van der Waals surface area (Å²) in [6.07, 6.45) is 1.52. The molecule has 12 heteroatoms. The van der Waals surface area contributed by atoms with Gasteiger partial charge in [-0.05, 0) is 59.3 Å². The molecule has 4 rings (SSSR count). The maximum Gasteiger partial charge on any atom is 0.339 e. The number of halogens is 1. The van der Waals surface area contributed by atoms with Crippen molar-refractivity contribution < 1.29 is 27.1 Å². The minimum Gasteiger partial charge on any atom is -0.379 e. The lowest BCUT2D eigenvalue weighted by atomic mass is 10.2. The molecule has 1 saturated heterocycles. The summed E-state index contributed by atoms with van der Waals surface area (Å²) in [7, 11) is -4.30. The standard InChI is InChI=1S/C23H15ClN2O7S2/c24-17-8-4-16(5-9-17)14-25-22(27)21(34-23(25)28)12-15-6-10-19(11-7-15)33-35(31,32)20-3-1-2-18(13-20)26(29)30/h1-13H,14H2/b21-12-. The van der Waals surface area contributed by atoms with Crippen molar-refractivity contribution >= 4 is 56.4 Å². The highest BCUT2D eigenvalue weighted by Crippen LogP contribution is 2.34. The molecule has 0 unspecified atom stereocenters. The topological polar surface area (TPSA) is 124 Å². The molecule has 2 amide bonds. The van der Waals surface area contributed by atoms with Crippen LogP contribution in [0.25, 0.3) is 6.08 Å². The number of benzene rings is 3. The molecule has 1 aliphatic heterocycles. The molecule has 3 aromatic rings. The van der Waals surface area contributed by atoms with E-state index in [1.165, 1.54) is 48.5 Å². The summed E-state index contributed by atoms with van der Waals surface area (Å²) in [5, 5.41) is 11.0. The Kier molecular flexibility index (Phi) is 6.92. The van der Waals surface area contributed by atoms with Crippen LogP contribution in [0.5, 0.6) is 5.75 Å². The van der Waals surface area contributed by atoms with Gasteiger partial charge >= 0.3 is 10.1 Å². The molecule has 1 aliphatic rings. The zero-order valence-electron chi connectivity index (χ0n) is 17.7. The van der Waals surface area contributed by atoms with Gasteiger partial charge in [-0.3, -0.25) is 24.6 Å². The van der Waals surface area contributed by atoms with Gasteiger partial charge in [-0.15, -0.1) is 0 Å². The van der Waals surface area contributed by atoms with E-state index in [4.69, 9.17) is 15.8 Å². The lowest BCUT2D eigenvalue weighted by Crippen LogP contribution is -2.27. The van der Waals surface area contributed by atoms with E-state index >= 15 is 0 Å². The van der Waals surface area contributed by atoms with E-state index in [1.807, 2.05) is 0 Å². The largest absolute Gasteiger partial charge is 0.379 e. The van der Waals surface area contributed by atoms with Gasteiger partial charge in [-0.25, -0.2) is 0 Å². The molecule has 1 heterocycles. The predicted molar refractivity (Wildman–Crippen MR) is 130 cm³/mol. The molecule has 0 aliphatic carbocycles. The molecule has 0 N–H and O–H groups in total. The van der Waals surface area contributed by atoms with E-state index in [9.17, 15) is 28.1 Å². The molecule has 1 fully saturated rings. The zero-order valence-corrected chi connectivity index (χ0v) is 20.0. The number of rotatable bonds is 7. The van der Waals surface area contributed by atoms with Gasteiger partial charge in [0, 0.05) is 17.2 Å². The molecule has 178 valence electrons. The molecular weight excluding hydrogens is 516 g/mol. The monoisotopic (exact) mass is 530 g/mol. The lowest BCUT2D eigenvalue weighted by Gasteiger charge is -2.12. The maximum atomic E-state index is 12.7. The van der Waals surface area contributed by atoms with Crippen molar-refractivity contribution in [2.75, 3.05) is 0 Å². The second kappa shape index (κ2) is 9.90. The number of nitro benzene ring substituents is 1. The molecule has 3 aromatic carbocycles. The van der Waals surface area contributed by atoms with Gasteiger partial charge in [-0.2, -0.15) is 8.42 Å². The van der Waals surface area contributed by atoms with Gasteiger partial charge in [0.1, 0.15) is 10.6 Å². The van der Waals surface area contributed by atoms with Gasteiger partial charge < -0.3 is 4.18 Å². The molecule has 0 aromatic heterocycles. The second-order valence-corrected chi connectivity index (χ2v) is 10.2. The third kappa shape index (κ3) is 5.70. The van der Waals surface area contributed by atoms with E-state index in [1.54, 1.807) is 24.3 Å². The highest BCUT2D eigenvalue weighted by molar-refractivity contribution is 8.18. The summed E-state index contributed by atoms with van der Waals surface area (Å²) >= 11 is 6.67. The number of thioether (sulfide) groups is 1. The summed E-state index contributed by atoms with van der Waals surface area (Å²) in [5.41, 5.74) is 0.918. The van der Waals surface area contributed by atoms with Gasteiger partial charge in [0.05, 0.1) is 16.4 Å². The van der Waals surface area contributed by atoms with Crippen molar-refractivity contribution in [3.8, 4) is 5.75 Å². The minimum atomic E-state index is -4.30. The number of carbonyl (C=O) groups is 2. The number of imide groups is 1. The molecule has 9 nitrogen and oxygen atoms in total. The van der Waals surface area contributed by atoms with Crippen LogP contribution in [-0.2, 0) is 21.5 Å². The Labute approximate surface area is 209 Å². The summed E-state index contributed by atoms with van der Waals surface area (Å²) in [6.45, 7) is 0.113. The SMILES string of the molecule is O=C1S/C(=C\c2ccc(OS(=O)(=O)c3cccc([N+](=O)[O-])c3)cc2)C(=O)N1Cc1ccc(Cl)cc1. The molecular formula is C23H15ClN2O7S2.